The SMILES string of the molecule is CC1(C(=O)Cc2cccc(F)c2Cl)CCCS1. The van der Waals surface area contributed by atoms with Gasteiger partial charge < -0.3 is 0 Å². The van der Waals surface area contributed by atoms with Crippen LogP contribution < -0.4 is 0 Å². The van der Waals surface area contributed by atoms with E-state index in [1.165, 1.54) is 6.07 Å². The third-order valence-electron chi connectivity index (χ3n) is 3.19. The fraction of sp³-hybridized carbons (Fsp3) is 0.462. The van der Waals surface area contributed by atoms with E-state index in [2.05, 4.69) is 0 Å². The van der Waals surface area contributed by atoms with E-state index in [0.717, 1.165) is 18.6 Å². The molecule has 2 rings (SSSR count). The molecule has 17 heavy (non-hydrogen) atoms. The molecule has 0 N–H and O–H groups in total. The Morgan fingerprint density at radius 2 is 2.35 bits per heavy atom. The van der Waals surface area contributed by atoms with Gasteiger partial charge in [0.1, 0.15) is 5.82 Å². The molecule has 1 heterocycles. The summed E-state index contributed by atoms with van der Waals surface area (Å²) in [6.07, 6.45) is 2.20. The van der Waals surface area contributed by atoms with Crippen molar-refractivity contribution in [2.75, 3.05) is 5.75 Å². The maximum Gasteiger partial charge on any atom is 0.153 e. The van der Waals surface area contributed by atoms with E-state index in [1.807, 2.05) is 6.92 Å². The van der Waals surface area contributed by atoms with Crippen molar-refractivity contribution in [1.82, 2.24) is 0 Å². The van der Waals surface area contributed by atoms with Crippen molar-refractivity contribution in [2.24, 2.45) is 0 Å². The minimum absolute atomic E-state index is 0.0763. The lowest BCUT2D eigenvalue weighted by atomic mass is 9.95. The predicted octanol–water partition coefficient (Wildman–Crippen LogP) is 3.88. The van der Waals surface area contributed by atoms with Gasteiger partial charge in [-0.2, -0.15) is 0 Å². The highest BCUT2D eigenvalue weighted by Gasteiger charge is 2.36. The molecule has 0 amide bonds. The van der Waals surface area contributed by atoms with Crippen LogP contribution in [0.25, 0.3) is 0 Å². The number of thioether (sulfide) groups is 1. The van der Waals surface area contributed by atoms with E-state index in [0.29, 0.717) is 5.56 Å². The third kappa shape index (κ3) is 2.66. The molecule has 92 valence electrons. The van der Waals surface area contributed by atoms with Gasteiger partial charge in [0.25, 0.3) is 0 Å². The first-order chi connectivity index (χ1) is 8.03. The van der Waals surface area contributed by atoms with Crippen LogP contribution in [0.15, 0.2) is 18.2 Å². The minimum Gasteiger partial charge on any atom is -0.298 e. The summed E-state index contributed by atoms with van der Waals surface area (Å²) in [6.45, 7) is 1.97. The van der Waals surface area contributed by atoms with Gasteiger partial charge in [0, 0.05) is 6.42 Å². The van der Waals surface area contributed by atoms with Crippen LogP contribution in [-0.4, -0.2) is 16.3 Å². The molecule has 0 bridgehead atoms. The zero-order valence-corrected chi connectivity index (χ0v) is 11.2. The highest BCUT2D eigenvalue weighted by Crippen LogP contribution is 2.39. The summed E-state index contributed by atoms with van der Waals surface area (Å²) in [5.41, 5.74) is 0.588. The number of carbonyl (C=O) groups excluding carboxylic acids is 1. The van der Waals surface area contributed by atoms with Gasteiger partial charge in [0.2, 0.25) is 0 Å². The molecule has 4 heteroatoms. The van der Waals surface area contributed by atoms with Gasteiger partial charge in [-0.3, -0.25) is 4.79 Å². The average molecular weight is 273 g/mol. The summed E-state index contributed by atoms with van der Waals surface area (Å²) < 4.78 is 12.9. The van der Waals surface area contributed by atoms with Crippen LogP contribution in [0.1, 0.15) is 25.3 Å². The maximum absolute atomic E-state index is 13.3. The van der Waals surface area contributed by atoms with Crippen LogP contribution >= 0.6 is 23.4 Å². The van der Waals surface area contributed by atoms with Crippen molar-refractivity contribution < 1.29 is 9.18 Å². The lowest BCUT2D eigenvalue weighted by molar-refractivity contribution is -0.120. The summed E-state index contributed by atoms with van der Waals surface area (Å²) in [5, 5.41) is 0.0763. The molecule has 1 aromatic carbocycles. The molecule has 1 aromatic rings. The molecule has 1 saturated heterocycles. The standard InChI is InChI=1S/C13H14ClFOS/c1-13(6-3-7-17-13)11(16)8-9-4-2-5-10(15)12(9)14/h2,4-5H,3,6-8H2,1H3. The van der Waals surface area contributed by atoms with E-state index in [9.17, 15) is 9.18 Å². The molecule has 0 aliphatic carbocycles. The van der Waals surface area contributed by atoms with Gasteiger partial charge in [-0.25, -0.2) is 4.39 Å². The topological polar surface area (TPSA) is 17.1 Å². The second kappa shape index (κ2) is 4.99. The van der Waals surface area contributed by atoms with E-state index in [4.69, 9.17) is 11.6 Å². The Labute approximate surface area is 110 Å². The summed E-state index contributed by atoms with van der Waals surface area (Å²) >= 11 is 7.55. The highest BCUT2D eigenvalue weighted by atomic mass is 35.5. The quantitative estimate of drug-likeness (QED) is 0.831. The Balaban J connectivity index is 2.16. The Morgan fingerprint density at radius 3 is 3.00 bits per heavy atom. The first kappa shape index (κ1) is 12.9. The maximum atomic E-state index is 13.3. The van der Waals surface area contributed by atoms with Crippen molar-refractivity contribution in [3.8, 4) is 0 Å². The Kier molecular flexibility index (Phi) is 3.79. The molecule has 1 unspecified atom stereocenters. The van der Waals surface area contributed by atoms with Crippen LogP contribution in [0.2, 0.25) is 5.02 Å². The molecular formula is C13H14ClFOS. The molecule has 1 fully saturated rings. The zero-order valence-electron chi connectivity index (χ0n) is 9.63. The van der Waals surface area contributed by atoms with Gasteiger partial charge in [0.15, 0.2) is 5.78 Å². The smallest absolute Gasteiger partial charge is 0.153 e. The van der Waals surface area contributed by atoms with Crippen molar-refractivity contribution >= 4 is 29.1 Å². The van der Waals surface area contributed by atoms with Gasteiger partial charge in [-0.05, 0) is 37.1 Å². The molecule has 0 spiro atoms. The Hall–Kier alpha value is -0.540. The number of carbonyl (C=O) groups is 1. The van der Waals surface area contributed by atoms with Gasteiger partial charge in [-0.1, -0.05) is 23.7 Å². The van der Waals surface area contributed by atoms with E-state index in [-0.39, 0.29) is 22.0 Å². The summed E-state index contributed by atoms with van der Waals surface area (Å²) in [4.78, 5) is 12.2. The number of ketones is 1. The molecule has 0 radical (unpaired) electrons. The van der Waals surface area contributed by atoms with Crippen LogP contribution in [-0.2, 0) is 11.2 Å². The molecule has 1 aliphatic heterocycles. The highest BCUT2D eigenvalue weighted by molar-refractivity contribution is 8.01. The normalized spacial score (nSPS) is 23.9. The number of hydrogen-bond donors (Lipinski definition) is 0. The molecule has 0 aromatic heterocycles. The summed E-state index contributed by atoms with van der Waals surface area (Å²) in [5.74, 6) is 0.716. The van der Waals surface area contributed by atoms with Crippen LogP contribution in [0.3, 0.4) is 0 Å². The zero-order chi connectivity index (χ0) is 12.5. The second-order valence-electron chi connectivity index (χ2n) is 4.50. The third-order valence-corrected chi connectivity index (χ3v) is 5.18. The van der Waals surface area contributed by atoms with Crippen molar-refractivity contribution in [1.29, 1.82) is 0 Å². The minimum atomic E-state index is -0.457. The first-order valence-corrected chi connectivity index (χ1v) is 6.99. The number of halogens is 2. The van der Waals surface area contributed by atoms with Crippen LogP contribution in [0.4, 0.5) is 4.39 Å². The Morgan fingerprint density at radius 1 is 1.59 bits per heavy atom. The molecule has 0 saturated carbocycles. The van der Waals surface area contributed by atoms with Crippen LogP contribution in [0.5, 0.6) is 0 Å². The monoisotopic (exact) mass is 272 g/mol. The van der Waals surface area contributed by atoms with E-state index < -0.39 is 5.82 Å². The summed E-state index contributed by atoms with van der Waals surface area (Å²) in [7, 11) is 0. The fourth-order valence-corrected chi connectivity index (χ4v) is 3.50. The lowest BCUT2D eigenvalue weighted by Gasteiger charge is -2.21. The molecule has 1 nitrogen and oxygen atoms in total. The molecule has 1 aliphatic rings. The van der Waals surface area contributed by atoms with Crippen molar-refractivity contribution in [3.63, 3.8) is 0 Å². The second-order valence-corrected chi connectivity index (χ2v) is 6.47. The van der Waals surface area contributed by atoms with Crippen molar-refractivity contribution in [2.45, 2.75) is 30.9 Å². The first-order valence-electron chi connectivity index (χ1n) is 5.63. The largest absolute Gasteiger partial charge is 0.298 e. The number of Topliss-reactive ketones (excluding diaryl/α,β-unsaturated/α-hetero) is 1. The number of rotatable bonds is 3. The van der Waals surface area contributed by atoms with Gasteiger partial charge in [-0.15, -0.1) is 11.8 Å². The number of hydrogen-bond acceptors (Lipinski definition) is 2. The lowest BCUT2D eigenvalue weighted by Crippen LogP contribution is -2.30. The van der Waals surface area contributed by atoms with E-state index in [1.54, 1.807) is 23.9 Å². The Bertz CT molecular complexity index is 441. The molecular weight excluding hydrogens is 259 g/mol. The molecule has 1 atom stereocenters. The van der Waals surface area contributed by atoms with E-state index >= 15 is 0 Å². The fourth-order valence-electron chi connectivity index (χ4n) is 2.04. The van der Waals surface area contributed by atoms with Gasteiger partial charge >= 0.3 is 0 Å². The average Bonchev–Trinajstić information content (AvgIpc) is 2.73. The van der Waals surface area contributed by atoms with Crippen LogP contribution in [0, 0.1) is 5.82 Å². The predicted molar refractivity (Wildman–Crippen MR) is 70.2 cm³/mol. The summed E-state index contributed by atoms with van der Waals surface area (Å²) in [6, 6.07) is 4.61. The number of benzene rings is 1. The van der Waals surface area contributed by atoms with Gasteiger partial charge in [0.05, 0.1) is 9.77 Å². The van der Waals surface area contributed by atoms with Crippen molar-refractivity contribution in [3.05, 3.63) is 34.6 Å².